The van der Waals surface area contributed by atoms with Crippen LogP contribution >= 0.6 is 0 Å². The summed E-state index contributed by atoms with van der Waals surface area (Å²) in [6.07, 6.45) is 0. The zero-order chi connectivity index (χ0) is 11.6. The Bertz CT molecular complexity index is 481. The molecule has 6 heteroatoms. The fraction of sp³-hybridized carbons (Fsp3) is 0.222. The van der Waals surface area contributed by atoms with Gasteiger partial charge in [-0.2, -0.15) is 8.42 Å². The van der Waals surface area contributed by atoms with E-state index in [0.717, 1.165) is 4.90 Å². The summed E-state index contributed by atoms with van der Waals surface area (Å²) in [5, 5.41) is 0. The summed E-state index contributed by atoms with van der Waals surface area (Å²) in [5.74, 6) is -0.314. The van der Waals surface area contributed by atoms with Crippen molar-refractivity contribution in [3.05, 3.63) is 24.3 Å². The number of carbonyl (C=O) groups excluding carboxylic acids is 1. The highest BCUT2D eigenvalue weighted by atomic mass is 32.2. The third-order valence-corrected chi connectivity index (χ3v) is 2.88. The average molecular weight is 229 g/mol. The number of hydrogen-bond acceptors (Lipinski definition) is 3. The molecule has 1 aromatic rings. The molecule has 0 spiro atoms. The maximum absolute atomic E-state index is 11.1. The molecule has 0 aliphatic heterocycles. The van der Waals surface area contributed by atoms with E-state index >= 15 is 0 Å². The fourth-order valence-electron chi connectivity index (χ4n) is 1.12. The van der Waals surface area contributed by atoms with Gasteiger partial charge in [0.1, 0.15) is 4.90 Å². The van der Waals surface area contributed by atoms with Crippen LogP contribution in [0.15, 0.2) is 29.2 Å². The van der Waals surface area contributed by atoms with Crippen LogP contribution in [0.5, 0.6) is 0 Å². The number of amides is 1. The van der Waals surface area contributed by atoms with Crippen molar-refractivity contribution in [1.29, 1.82) is 0 Å². The van der Waals surface area contributed by atoms with Crippen LogP contribution in [0.4, 0.5) is 5.69 Å². The van der Waals surface area contributed by atoms with Gasteiger partial charge in [-0.15, -0.1) is 0 Å². The van der Waals surface area contributed by atoms with E-state index in [9.17, 15) is 13.2 Å². The van der Waals surface area contributed by atoms with Gasteiger partial charge in [0, 0.05) is 14.0 Å². The first-order valence-corrected chi connectivity index (χ1v) is 5.59. The van der Waals surface area contributed by atoms with Gasteiger partial charge in [-0.25, -0.2) is 0 Å². The average Bonchev–Trinajstić information content (AvgIpc) is 2.15. The van der Waals surface area contributed by atoms with E-state index in [1.807, 2.05) is 0 Å². The summed E-state index contributed by atoms with van der Waals surface area (Å²) >= 11 is 0. The van der Waals surface area contributed by atoms with Crippen molar-refractivity contribution in [2.75, 3.05) is 11.9 Å². The lowest BCUT2D eigenvalue weighted by atomic mass is 10.3. The summed E-state index contributed by atoms with van der Waals surface area (Å²) in [6, 6.07) is 5.75. The number of anilines is 1. The normalized spacial score (nSPS) is 11.1. The molecule has 0 bridgehead atoms. The van der Waals surface area contributed by atoms with Gasteiger partial charge in [-0.1, -0.05) is 12.1 Å². The van der Waals surface area contributed by atoms with Gasteiger partial charge in [0.05, 0.1) is 5.69 Å². The number of nitrogens with zero attached hydrogens (tertiary/aromatic N) is 1. The zero-order valence-electron chi connectivity index (χ0n) is 8.34. The quantitative estimate of drug-likeness (QED) is 0.765. The van der Waals surface area contributed by atoms with E-state index in [-0.39, 0.29) is 16.5 Å². The predicted octanol–water partition coefficient (Wildman–Crippen LogP) is 0.916. The molecule has 0 saturated heterocycles. The van der Waals surface area contributed by atoms with Gasteiger partial charge in [0.15, 0.2) is 0 Å². The molecule has 15 heavy (non-hydrogen) atoms. The molecule has 0 aliphatic carbocycles. The highest BCUT2D eigenvalue weighted by molar-refractivity contribution is 7.86. The van der Waals surface area contributed by atoms with Crippen molar-refractivity contribution in [3.63, 3.8) is 0 Å². The second-order valence-corrected chi connectivity index (χ2v) is 4.41. The van der Waals surface area contributed by atoms with Gasteiger partial charge in [0.2, 0.25) is 5.91 Å². The number of hydrogen-bond donors (Lipinski definition) is 1. The van der Waals surface area contributed by atoms with Gasteiger partial charge in [-0.3, -0.25) is 9.35 Å². The van der Waals surface area contributed by atoms with E-state index in [1.54, 1.807) is 6.07 Å². The third kappa shape index (κ3) is 2.54. The molecule has 1 amide bonds. The largest absolute Gasteiger partial charge is 0.314 e. The topological polar surface area (TPSA) is 74.7 Å². The SMILES string of the molecule is CC(=O)N(C)c1ccccc1S(=O)(=O)O. The summed E-state index contributed by atoms with van der Waals surface area (Å²) in [6.45, 7) is 1.31. The molecule has 0 saturated carbocycles. The Labute approximate surface area is 88.1 Å². The first-order chi connectivity index (χ1) is 6.84. The highest BCUT2D eigenvalue weighted by Gasteiger charge is 2.18. The molecule has 0 unspecified atom stereocenters. The van der Waals surface area contributed by atoms with Crippen molar-refractivity contribution in [1.82, 2.24) is 0 Å². The molecule has 1 aromatic carbocycles. The first kappa shape index (κ1) is 11.7. The number of benzene rings is 1. The van der Waals surface area contributed by atoms with Crippen LogP contribution in [0, 0.1) is 0 Å². The summed E-state index contributed by atoms with van der Waals surface area (Å²) < 4.78 is 30.9. The summed E-state index contributed by atoms with van der Waals surface area (Å²) in [7, 11) is -2.87. The van der Waals surface area contributed by atoms with Crippen LogP contribution in [0.2, 0.25) is 0 Å². The standard InChI is InChI=1S/C9H11NO4S/c1-7(11)10(2)8-5-3-4-6-9(8)15(12,13)14/h3-6H,1-2H3,(H,12,13,14). The first-order valence-electron chi connectivity index (χ1n) is 4.15. The lowest BCUT2D eigenvalue weighted by Gasteiger charge is -2.17. The van der Waals surface area contributed by atoms with Crippen LogP contribution in [-0.2, 0) is 14.9 Å². The van der Waals surface area contributed by atoms with Crippen LogP contribution in [0.3, 0.4) is 0 Å². The number of rotatable bonds is 2. The minimum Gasteiger partial charge on any atom is -0.314 e. The summed E-state index contributed by atoms with van der Waals surface area (Å²) in [4.78, 5) is 12.0. The van der Waals surface area contributed by atoms with Crippen LogP contribution in [0.1, 0.15) is 6.92 Å². The van der Waals surface area contributed by atoms with E-state index in [0.29, 0.717) is 0 Å². The molecule has 0 fully saturated rings. The lowest BCUT2D eigenvalue weighted by molar-refractivity contribution is -0.116. The molecular formula is C9H11NO4S. The maximum Gasteiger partial charge on any atom is 0.296 e. The van der Waals surface area contributed by atoms with Crippen molar-refractivity contribution < 1.29 is 17.8 Å². The highest BCUT2D eigenvalue weighted by Crippen LogP contribution is 2.23. The van der Waals surface area contributed by atoms with Crippen LogP contribution < -0.4 is 4.90 Å². The Morgan fingerprint density at radius 3 is 2.33 bits per heavy atom. The Morgan fingerprint density at radius 2 is 1.87 bits per heavy atom. The minimum atomic E-state index is -4.31. The van der Waals surface area contributed by atoms with Gasteiger partial charge < -0.3 is 4.90 Å². The molecule has 0 atom stereocenters. The van der Waals surface area contributed by atoms with Gasteiger partial charge in [0.25, 0.3) is 10.1 Å². The third-order valence-electron chi connectivity index (χ3n) is 1.98. The van der Waals surface area contributed by atoms with Gasteiger partial charge >= 0.3 is 0 Å². The van der Waals surface area contributed by atoms with E-state index in [2.05, 4.69) is 0 Å². The van der Waals surface area contributed by atoms with Crippen LogP contribution in [-0.4, -0.2) is 25.9 Å². The van der Waals surface area contributed by atoms with Crippen molar-refractivity contribution in [3.8, 4) is 0 Å². The molecule has 82 valence electrons. The minimum absolute atomic E-state index is 0.160. The molecule has 0 radical (unpaired) electrons. The zero-order valence-corrected chi connectivity index (χ0v) is 9.15. The molecule has 0 aromatic heterocycles. The second-order valence-electron chi connectivity index (χ2n) is 3.02. The number of para-hydroxylation sites is 1. The molecule has 0 aliphatic rings. The van der Waals surface area contributed by atoms with Gasteiger partial charge in [-0.05, 0) is 12.1 Å². The Hall–Kier alpha value is -1.40. The molecule has 5 nitrogen and oxygen atoms in total. The van der Waals surface area contributed by atoms with E-state index < -0.39 is 10.1 Å². The summed E-state index contributed by atoms with van der Waals surface area (Å²) in [5.41, 5.74) is 0.160. The monoisotopic (exact) mass is 229 g/mol. The smallest absolute Gasteiger partial charge is 0.296 e. The second kappa shape index (κ2) is 4.00. The Morgan fingerprint density at radius 1 is 1.33 bits per heavy atom. The molecular weight excluding hydrogens is 218 g/mol. The van der Waals surface area contributed by atoms with Crippen molar-refractivity contribution in [2.24, 2.45) is 0 Å². The molecule has 1 N–H and O–H groups in total. The lowest BCUT2D eigenvalue weighted by Crippen LogP contribution is -2.24. The maximum atomic E-state index is 11.1. The van der Waals surface area contributed by atoms with E-state index in [4.69, 9.17) is 4.55 Å². The number of carbonyl (C=O) groups is 1. The fourth-order valence-corrected chi connectivity index (χ4v) is 1.84. The van der Waals surface area contributed by atoms with Crippen molar-refractivity contribution in [2.45, 2.75) is 11.8 Å². The Balaban J connectivity index is 3.37. The Kier molecular flexibility index (Phi) is 3.11. The molecule has 1 rings (SSSR count). The van der Waals surface area contributed by atoms with Crippen LogP contribution in [0.25, 0.3) is 0 Å². The van der Waals surface area contributed by atoms with E-state index in [1.165, 1.54) is 32.2 Å². The predicted molar refractivity (Wildman–Crippen MR) is 55.3 cm³/mol. The molecule has 0 heterocycles. The van der Waals surface area contributed by atoms with Crippen molar-refractivity contribution >= 4 is 21.7 Å².